The molecule has 1 N–H and O–H groups in total. The van der Waals surface area contributed by atoms with E-state index >= 15 is 0 Å². The van der Waals surface area contributed by atoms with Gasteiger partial charge in [0.1, 0.15) is 19.8 Å². The number of esters is 2. The SMILES string of the molecule is CC/C=C\C/C=C\C/C=C\C/C=C\C/C=C\C/C=C\C/C=C\C/C=C\C/C=C\CCCCCC(=O)OC(COC(=O)CCCCCCCCCCCCCCCCCCC/C=C\C/C=C\CCCCCCC)COP(=O)(O)OCC[N+](C)(C)C. The van der Waals surface area contributed by atoms with Gasteiger partial charge in [0, 0.05) is 12.8 Å². The van der Waals surface area contributed by atoms with E-state index in [1.165, 1.54) is 135 Å². The van der Waals surface area contributed by atoms with Crippen molar-refractivity contribution < 1.29 is 42.1 Å². The van der Waals surface area contributed by atoms with Crippen LogP contribution in [0.4, 0.5) is 0 Å². The molecule has 0 bridgehead atoms. The number of hydrogen-bond donors (Lipinski definition) is 1. The smallest absolute Gasteiger partial charge is 0.462 e. The number of nitrogens with zero attached hydrogens (tertiary/aromatic N) is 1. The molecule has 84 heavy (non-hydrogen) atoms. The molecule has 0 spiro atoms. The zero-order chi connectivity index (χ0) is 61.2. The summed E-state index contributed by atoms with van der Waals surface area (Å²) in [5.41, 5.74) is 0. The number of carbonyl (C=O) groups excluding carboxylic acids is 2. The second kappa shape index (κ2) is 63.6. The van der Waals surface area contributed by atoms with Gasteiger partial charge in [-0.15, -0.1) is 0 Å². The summed E-state index contributed by atoms with van der Waals surface area (Å²) < 4.78 is 34.6. The van der Waals surface area contributed by atoms with Crippen molar-refractivity contribution >= 4 is 19.8 Å². The molecule has 0 aromatic carbocycles. The highest BCUT2D eigenvalue weighted by Gasteiger charge is 2.27. The van der Waals surface area contributed by atoms with Gasteiger partial charge < -0.3 is 18.9 Å². The van der Waals surface area contributed by atoms with Crippen molar-refractivity contribution in [2.45, 2.75) is 277 Å². The summed E-state index contributed by atoms with van der Waals surface area (Å²) in [6.07, 6.45) is 92.6. The number of ether oxygens (including phenoxy) is 2. The summed E-state index contributed by atoms with van der Waals surface area (Å²) in [7, 11) is 1.44. The summed E-state index contributed by atoms with van der Waals surface area (Å²) in [4.78, 5) is 35.8. The van der Waals surface area contributed by atoms with Crippen molar-refractivity contribution in [1.82, 2.24) is 0 Å². The molecule has 10 heteroatoms. The Bertz CT molecular complexity index is 1880. The second-order valence-corrected chi connectivity index (χ2v) is 24.9. The van der Waals surface area contributed by atoms with Gasteiger partial charge in [0.05, 0.1) is 27.7 Å². The van der Waals surface area contributed by atoms with Gasteiger partial charge in [-0.1, -0.05) is 276 Å². The first-order chi connectivity index (χ1) is 41.0. The van der Waals surface area contributed by atoms with Crippen molar-refractivity contribution in [3.8, 4) is 0 Å². The number of phosphoric ester groups is 1. The third kappa shape index (κ3) is 67.3. The third-order valence-corrected chi connectivity index (χ3v) is 15.1. The van der Waals surface area contributed by atoms with Crippen molar-refractivity contribution in [2.75, 3.05) is 47.5 Å². The molecule has 0 aromatic rings. The van der Waals surface area contributed by atoms with Gasteiger partial charge in [-0.3, -0.25) is 18.6 Å². The van der Waals surface area contributed by atoms with Gasteiger partial charge in [0.15, 0.2) is 6.10 Å². The highest BCUT2D eigenvalue weighted by Crippen LogP contribution is 2.43. The molecule has 0 rings (SSSR count). The average Bonchev–Trinajstić information content (AvgIpc) is 3.61. The number of unbranched alkanes of at least 4 members (excludes halogenated alkanes) is 25. The quantitative estimate of drug-likeness (QED) is 0.0211. The first-order valence-corrected chi connectivity index (χ1v) is 35.4. The molecule has 0 aliphatic carbocycles. The molecular weight excluding hydrogens is 1060 g/mol. The Balaban J connectivity index is 4.18. The van der Waals surface area contributed by atoms with Gasteiger partial charge in [-0.05, 0) is 116 Å². The number of rotatable bonds is 61. The van der Waals surface area contributed by atoms with Gasteiger partial charge in [0.2, 0.25) is 0 Å². The minimum absolute atomic E-state index is 0.0185. The lowest BCUT2D eigenvalue weighted by Gasteiger charge is -2.24. The van der Waals surface area contributed by atoms with Crippen LogP contribution < -0.4 is 0 Å². The fraction of sp³-hybridized carbons (Fsp3) is 0.676. The minimum Gasteiger partial charge on any atom is -0.462 e. The first kappa shape index (κ1) is 80.2. The lowest BCUT2D eigenvalue weighted by molar-refractivity contribution is -0.870. The monoisotopic (exact) mass is 1190 g/mol. The molecule has 0 heterocycles. The van der Waals surface area contributed by atoms with Crippen LogP contribution in [-0.4, -0.2) is 74.9 Å². The molecule has 0 aromatic heterocycles. The maximum absolute atomic E-state index is 12.9. The molecule has 0 radical (unpaired) electrons. The Kier molecular flexibility index (Phi) is 60.7. The second-order valence-electron chi connectivity index (χ2n) is 23.5. The Hall–Kier alpha value is -3.85. The molecule has 0 aliphatic rings. The van der Waals surface area contributed by atoms with Crippen LogP contribution in [0.25, 0.3) is 0 Å². The van der Waals surface area contributed by atoms with E-state index in [0.29, 0.717) is 17.4 Å². The average molecular weight is 1190 g/mol. The van der Waals surface area contributed by atoms with Gasteiger partial charge in [0.25, 0.3) is 0 Å². The van der Waals surface area contributed by atoms with Crippen LogP contribution in [0.1, 0.15) is 271 Å². The van der Waals surface area contributed by atoms with Crippen LogP contribution in [-0.2, 0) is 32.7 Å². The Morgan fingerprint density at radius 1 is 0.381 bits per heavy atom. The van der Waals surface area contributed by atoms with Crippen molar-refractivity contribution in [1.29, 1.82) is 0 Å². The van der Waals surface area contributed by atoms with Crippen molar-refractivity contribution in [3.05, 3.63) is 134 Å². The van der Waals surface area contributed by atoms with Crippen LogP contribution in [0.15, 0.2) is 134 Å². The van der Waals surface area contributed by atoms with Crippen LogP contribution in [0, 0.1) is 0 Å². The molecule has 2 unspecified atom stereocenters. The lowest BCUT2D eigenvalue weighted by atomic mass is 10.0. The zero-order valence-corrected chi connectivity index (χ0v) is 55.5. The first-order valence-electron chi connectivity index (χ1n) is 33.9. The zero-order valence-electron chi connectivity index (χ0n) is 54.6. The van der Waals surface area contributed by atoms with E-state index in [1.54, 1.807) is 0 Å². The standard InChI is InChI=1S/C74H126NO8P/c1-6-8-10-12-14-16-18-20-22-24-26-28-30-32-34-36-37-39-41-43-45-47-49-51-53-55-57-59-61-63-65-67-74(77)83-72(71-82-84(78,79)81-69-68-75(3,4)5)70-80-73(76)66-64-62-60-58-56-54-52-50-48-46-44-42-40-38-35-33-31-29-27-25-23-21-19-17-15-13-11-9-7-2/h8,10,14,16,19-22,25-28,32,34,37,39,43,45,49,51,55,57,72H,6-7,9,11-13,15,17-18,23-24,29-31,33,35-36,38,40-42,44,46-48,50,52-54,56,58-71H2,1-5H3/p+1/b10-8-,16-14-,21-19-,22-20-,27-25-,28-26-,34-32-,39-37-,45-43-,51-49-,57-55-. The van der Waals surface area contributed by atoms with Gasteiger partial charge in [-0.25, -0.2) is 4.57 Å². The fourth-order valence-electron chi connectivity index (χ4n) is 8.98. The molecular formula is C74H127NO8P+. The molecule has 0 saturated carbocycles. The normalized spacial score (nSPS) is 14.0. The predicted octanol–water partition coefficient (Wildman–Crippen LogP) is 22.0. The van der Waals surface area contributed by atoms with E-state index in [2.05, 4.69) is 148 Å². The van der Waals surface area contributed by atoms with Crippen LogP contribution in [0.3, 0.4) is 0 Å². The highest BCUT2D eigenvalue weighted by atomic mass is 31.2. The van der Waals surface area contributed by atoms with E-state index in [0.717, 1.165) is 103 Å². The number of hydrogen-bond acceptors (Lipinski definition) is 7. The summed E-state index contributed by atoms with van der Waals surface area (Å²) in [5.74, 6) is -0.838. The van der Waals surface area contributed by atoms with Crippen LogP contribution >= 0.6 is 7.82 Å². The summed E-state index contributed by atoms with van der Waals surface area (Å²) >= 11 is 0. The van der Waals surface area contributed by atoms with Crippen LogP contribution in [0.2, 0.25) is 0 Å². The van der Waals surface area contributed by atoms with Gasteiger partial charge in [-0.2, -0.15) is 0 Å². The summed E-state index contributed by atoms with van der Waals surface area (Å²) in [5, 5.41) is 0. The molecule has 2 atom stereocenters. The topological polar surface area (TPSA) is 108 Å². The van der Waals surface area contributed by atoms with E-state index in [9.17, 15) is 19.0 Å². The van der Waals surface area contributed by atoms with Crippen molar-refractivity contribution in [2.24, 2.45) is 0 Å². The molecule has 0 aliphatic heterocycles. The predicted molar refractivity (Wildman–Crippen MR) is 362 cm³/mol. The molecule has 9 nitrogen and oxygen atoms in total. The van der Waals surface area contributed by atoms with E-state index in [4.69, 9.17) is 18.5 Å². The lowest BCUT2D eigenvalue weighted by Crippen LogP contribution is -2.37. The minimum atomic E-state index is -4.41. The third-order valence-electron chi connectivity index (χ3n) is 14.2. The number of allylic oxidation sites excluding steroid dienone is 22. The Morgan fingerprint density at radius 2 is 0.679 bits per heavy atom. The number of carbonyl (C=O) groups is 2. The number of likely N-dealkylation sites (N-methyl/N-ethyl adjacent to an activating group) is 1. The fourth-order valence-corrected chi connectivity index (χ4v) is 9.72. The number of quaternary nitrogens is 1. The van der Waals surface area contributed by atoms with Crippen LogP contribution in [0.5, 0.6) is 0 Å². The molecule has 0 fully saturated rings. The van der Waals surface area contributed by atoms with Gasteiger partial charge >= 0.3 is 19.8 Å². The summed E-state index contributed by atoms with van der Waals surface area (Å²) in [6.45, 7) is 4.28. The Morgan fingerprint density at radius 3 is 1.02 bits per heavy atom. The van der Waals surface area contributed by atoms with E-state index < -0.39 is 26.5 Å². The largest absolute Gasteiger partial charge is 0.472 e. The van der Waals surface area contributed by atoms with E-state index in [-0.39, 0.29) is 32.0 Å². The highest BCUT2D eigenvalue weighted by molar-refractivity contribution is 7.47. The molecule has 0 saturated heterocycles. The Labute approximate surface area is 517 Å². The summed E-state index contributed by atoms with van der Waals surface area (Å²) in [6, 6.07) is 0. The maximum Gasteiger partial charge on any atom is 0.472 e. The molecule has 480 valence electrons. The van der Waals surface area contributed by atoms with E-state index in [1.807, 2.05) is 21.1 Å². The number of phosphoric acid groups is 1. The maximum atomic E-state index is 12.9. The van der Waals surface area contributed by atoms with Crippen molar-refractivity contribution in [3.63, 3.8) is 0 Å². The molecule has 0 amide bonds.